The Balaban J connectivity index is 1.80. The van der Waals surface area contributed by atoms with Crippen molar-refractivity contribution in [3.63, 3.8) is 0 Å². The fourth-order valence-corrected chi connectivity index (χ4v) is 3.95. The van der Waals surface area contributed by atoms with Gasteiger partial charge in [0, 0.05) is 6.04 Å². The van der Waals surface area contributed by atoms with E-state index in [-0.39, 0.29) is 24.3 Å². The number of benzene rings is 1. The minimum absolute atomic E-state index is 0.0392. The molecule has 1 heterocycles. The number of rotatable bonds is 3. The van der Waals surface area contributed by atoms with Crippen molar-refractivity contribution in [2.75, 3.05) is 0 Å². The van der Waals surface area contributed by atoms with Crippen LogP contribution in [-0.4, -0.2) is 34.0 Å². The standard InChI is InChI=1S/C17H19F2NO3/c18-12-6-5-10(7-13(12)19)8-16(21)20-14-4-2-1-3-11(14)9-15(20)17(22)23/h5-7,11,14-15H,1-4,8-9H2,(H,22,23). The molecule has 124 valence electrons. The minimum Gasteiger partial charge on any atom is -0.480 e. The Morgan fingerprint density at radius 3 is 2.61 bits per heavy atom. The van der Waals surface area contributed by atoms with Crippen LogP contribution in [0.3, 0.4) is 0 Å². The molecule has 1 aliphatic heterocycles. The predicted molar refractivity (Wildman–Crippen MR) is 78.7 cm³/mol. The lowest BCUT2D eigenvalue weighted by Gasteiger charge is -2.33. The van der Waals surface area contributed by atoms with Crippen LogP contribution in [0.15, 0.2) is 18.2 Å². The molecule has 3 unspecified atom stereocenters. The number of hydrogen-bond acceptors (Lipinski definition) is 2. The predicted octanol–water partition coefficient (Wildman–Crippen LogP) is 2.75. The van der Waals surface area contributed by atoms with Crippen LogP contribution in [0.25, 0.3) is 0 Å². The van der Waals surface area contributed by atoms with Gasteiger partial charge < -0.3 is 10.0 Å². The maximum Gasteiger partial charge on any atom is 0.326 e. The van der Waals surface area contributed by atoms with Crippen LogP contribution in [0, 0.1) is 17.6 Å². The van der Waals surface area contributed by atoms with E-state index in [4.69, 9.17) is 0 Å². The van der Waals surface area contributed by atoms with Gasteiger partial charge >= 0.3 is 5.97 Å². The van der Waals surface area contributed by atoms with Crippen LogP contribution in [-0.2, 0) is 16.0 Å². The molecule has 3 atom stereocenters. The fraction of sp³-hybridized carbons (Fsp3) is 0.529. The van der Waals surface area contributed by atoms with E-state index in [1.807, 2.05) is 0 Å². The molecule has 0 bridgehead atoms. The van der Waals surface area contributed by atoms with E-state index in [1.165, 1.54) is 11.0 Å². The highest BCUT2D eigenvalue weighted by Crippen LogP contribution is 2.40. The highest BCUT2D eigenvalue weighted by Gasteiger charge is 2.47. The number of carbonyl (C=O) groups excluding carboxylic acids is 1. The number of halogens is 2. The molecule has 1 amide bonds. The Morgan fingerprint density at radius 1 is 1.17 bits per heavy atom. The van der Waals surface area contributed by atoms with Gasteiger partial charge in [0.05, 0.1) is 6.42 Å². The number of fused-ring (bicyclic) bond motifs is 1. The third-order valence-corrected chi connectivity index (χ3v) is 5.00. The first-order valence-corrected chi connectivity index (χ1v) is 7.95. The number of carbonyl (C=O) groups is 2. The SMILES string of the molecule is O=C(O)C1CC2CCCCC2N1C(=O)Cc1ccc(F)c(F)c1. The summed E-state index contributed by atoms with van der Waals surface area (Å²) < 4.78 is 26.3. The highest BCUT2D eigenvalue weighted by atomic mass is 19.2. The van der Waals surface area contributed by atoms with Gasteiger partial charge in [-0.3, -0.25) is 4.79 Å². The van der Waals surface area contributed by atoms with Gasteiger partial charge in [0.1, 0.15) is 6.04 Å². The highest BCUT2D eigenvalue weighted by molar-refractivity contribution is 5.86. The van der Waals surface area contributed by atoms with E-state index in [0.29, 0.717) is 12.0 Å². The van der Waals surface area contributed by atoms with E-state index < -0.39 is 23.6 Å². The quantitative estimate of drug-likeness (QED) is 0.930. The van der Waals surface area contributed by atoms with E-state index >= 15 is 0 Å². The van der Waals surface area contributed by atoms with E-state index in [1.54, 1.807) is 0 Å². The molecule has 1 saturated heterocycles. The van der Waals surface area contributed by atoms with Crippen molar-refractivity contribution in [2.45, 2.75) is 50.6 Å². The molecule has 1 aliphatic carbocycles. The Morgan fingerprint density at radius 2 is 1.91 bits per heavy atom. The monoisotopic (exact) mass is 323 g/mol. The Labute approximate surface area is 133 Å². The molecule has 6 heteroatoms. The number of carboxylic acids is 1. The van der Waals surface area contributed by atoms with Crippen LogP contribution in [0.4, 0.5) is 8.78 Å². The molecule has 1 N–H and O–H groups in total. The molecule has 23 heavy (non-hydrogen) atoms. The van der Waals surface area contributed by atoms with Gasteiger partial charge in [-0.2, -0.15) is 0 Å². The van der Waals surface area contributed by atoms with Crippen molar-refractivity contribution in [2.24, 2.45) is 5.92 Å². The van der Waals surface area contributed by atoms with Crippen LogP contribution < -0.4 is 0 Å². The molecule has 0 aromatic heterocycles. The second-order valence-corrected chi connectivity index (χ2v) is 6.43. The normalized spacial score (nSPS) is 26.9. The van der Waals surface area contributed by atoms with Gasteiger partial charge in [-0.05, 0) is 42.9 Å². The lowest BCUT2D eigenvalue weighted by Crippen LogP contribution is -2.46. The van der Waals surface area contributed by atoms with Crippen molar-refractivity contribution >= 4 is 11.9 Å². The smallest absolute Gasteiger partial charge is 0.326 e. The van der Waals surface area contributed by atoms with Crippen LogP contribution in [0.1, 0.15) is 37.7 Å². The minimum atomic E-state index is -0.998. The summed E-state index contributed by atoms with van der Waals surface area (Å²) in [7, 11) is 0. The van der Waals surface area contributed by atoms with Crippen LogP contribution >= 0.6 is 0 Å². The first kappa shape index (κ1) is 15.9. The van der Waals surface area contributed by atoms with E-state index in [2.05, 4.69) is 0 Å². The van der Waals surface area contributed by atoms with Gasteiger partial charge in [-0.1, -0.05) is 18.9 Å². The van der Waals surface area contributed by atoms with Gasteiger partial charge in [0.25, 0.3) is 0 Å². The zero-order valence-electron chi connectivity index (χ0n) is 12.7. The Kier molecular flexibility index (Phi) is 4.33. The summed E-state index contributed by atoms with van der Waals surface area (Å²) in [6.07, 6.45) is 4.20. The van der Waals surface area contributed by atoms with Gasteiger partial charge in [-0.15, -0.1) is 0 Å². The molecule has 2 fully saturated rings. The zero-order valence-corrected chi connectivity index (χ0v) is 12.7. The van der Waals surface area contributed by atoms with Crippen molar-refractivity contribution in [3.8, 4) is 0 Å². The summed E-state index contributed by atoms with van der Waals surface area (Å²) in [4.78, 5) is 25.6. The largest absolute Gasteiger partial charge is 0.480 e. The molecule has 3 rings (SSSR count). The number of hydrogen-bond donors (Lipinski definition) is 1. The summed E-state index contributed by atoms with van der Waals surface area (Å²) in [5.74, 6) is -3.03. The summed E-state index contributed by atoms with van der Waals surface area (Å²) in [5.41, 5.74) is 0.359. The third-order valence-electron chi connectivity index (χ3n) is 5.00. The second kappa shape index (κ2) is 6.26. The van der Waals surface area contributed by atoms with Gasteiger partial charge in [-0.25, -0.2) is 13.6 Å². The Hall–Kier alpha value is -1.98. The fourth-order valence-electron chi connectivity index (χ4n) is 3.95. The lowest BCUT2D eigenvalue weighted by molar-refractivity contribution is -0.149. The molecule has 2 aliphatic rings. The molecule has 4 nitrogen and oxygen atoms in total. The first-order chi connectivity index (χ1) is 11.0. The molecular formula is C17H19F2NO3. The van der Waals surface area contributed by atoms with Crippen LogP contribution in [0.5, 0.6) is 0 Å². The van der Waals surface area contributed by atoms with Crippen molar-refractivity contribution in [1.82, 2.24) is 4.90 Å². The summed E-state index contributed by atoms with van der Waals surface area (Å²) in [5, 5.41) is 9.42. The molecule has 0 spiro atoms. The van der Waals surface area contributed by atoms with Crippen molar-refractivity contribution < 1.29 is 23.5 Å². The lowest BCUT2D eigenvalue weighted by atomic mass is 9.84. The van der Waals surface area contributed by atoms with E-state index in [9.17, 15) is 23.5 Å². The molecule has 1 aromatic rings. The number of carboxylic acid groups (broad SMARTS) is 1. The van der Waals surface area contributed by atoms with E-state index in [0.717, 1.165) is 37.8 Å². The number of amides is 1. The Bertz CT molecular complexity index is 634. The average Bonchev–Trinajstić information content (AvgIpc) is 2.91. The average molecular weight is 323 g/mol. The maximum atomic E-state index is 13.3. The van der Waals surface area contributed by atoms with Crippen molar-refractivity contribution in [3.05, 3.63) is 35.4 Å². The molecule has 1 aromatic carbocycles. The van der Waals surface area contributed by atoms with Crippen molar-refractivity contribution in [1.29, 1.82) is 0 Å². The number of likely N-dealkylation sites (tertiary alicyclic amines) is 1. The topological polar surface area (TPSA) is 57.6 Å². The first-order valence-electron chi connectivity index (χ1n) is 7.95. The van der Waals surface area contributed by atoms with Gasteiger partial charge in [0.2, 0.25) is 5.91 Å². The summed E-state index contributed by atoms with van der Waals surface area (Å²) in [6, 6.07) is 2.50. The molecule has 1 saturated carbocycles. The molecular weight excluding hydrogens is 304 g/mol. The number of nitrogens with zero attached hydrogens (tertiary/aromatic N) is 1. The zero-order chi connectivity index (χ0) is 16.6. The molecule has 0 radical (unpaired) electrons. The second-order valence-electron chi connectivity index (χ2n) is 6.43. The maximum absolute atomic E-state index is 13.3. The van der Waals surface area contributed by atoms with Crippen LogP contribution in [0.2, 0.25) is 0 Å². The summed E-state index contributed by atoms with van der Waals surface area (Å²) >= 11 is 0. The summed E-state index contributed by atoms with van der Waals surface area (Å²) in [6.45, 7) is 0. The third kappa shape index (κ3) is 3.07. The van der Waals surface area contributed by atoms with Gasteiger partial charge in [0.15, 0.2) is 11.6 Å². The number of aliphatic carboxylic acids is 1.